The van der Waals surface area contributed by atoms with E-state index in [0.29, 0.717) is 12.2 Å². The standard InChI is InChI=1S/C15H22FN3O2S.ClH/c1-11(15(21)19(3)9-8-17-2)22-10-14(20)18-13-6-4-12(16)5-7-13;/h4-7,11,17H,8-10H2,1-3H3,(H,18,20);1H. The molecule has 1 aromatic carbocycles. The molecular weight excluding hydrogens is 341 g/mol. The van der Waals surface area contributed by atoms with Gasteiger partial charge in [0, 0.05) is 25.8 Å². The van der Waals surface area contributed by atoms with Gasteiger partial charge in [0.15, 0.2) is 0 Å². The van der Waals surface area contributed by atoms with Crippen molar-refractivity contribution in [1.29, 1.82) is 0 Å². The molecule has 0 aliphatic heterocycles. The van der Waals surface area contributed by atoms with Gasteiger partial charge in [-0.3, -0.25) is 9.59 Å². The molecule has 1 atom stereocenters. The third-order valence-corrected chi connectivity index (χ3v) is 4.14. The second-order valence-corrected chi connectivity index (χ2v) is 6.20. The van der Waals surface area contributed by atoms with Gasteiger partial charge in [-0.05, 0) is 38.2 Å². The molecular formula is C15H23ClFN3O2S. The van der Waals surface area contributed by atoms with Crippen molar-refractivity contribution in [2.75, 3.05) is 38.3 Å². The second kappa shape index (κ2) is 11.3. The summed E-state index contributed by atoms with van der Waals surface area (Å²) in [6, 6.07) is 5.56. The van der Waals surface area contributed by atoms with Crippen molar-refractivity contribution < 1.29 is 14.0 Å². The Hall–Kier alpha value is -1.31. The normalized spacial score (nSPS) is 11.3. The molecule has 0 aromatic heterocycles. The van der Waals surface area contributed by atoms with Gasteiger partial charge in [-0.25, -0.2) is 4.39 Å². The number of nitrogens with one attached hydrogen (secondary N) is 2. The predicted molar refractivity (Wildman–Crippen MR) is 95.8 cm³/mol. The summed E-state index contributed by atoms with van der Waals surface area (Å²) in [5.41, 5.74) is 0.539. The van der Waals surface area contributed by atoms with E-state index in [1.165, 1.54) is 36.0 Å². The minimum atomic E-state index is -0.351. The Balaban J connectivity index is 0.00000484. The van der Waals surface area contributed by atoms with E-state index in [9.17, 15) is 14.0 Å². The van der Waals surface area contributed by atoms with Crippen molar-refractivity contribution in [1.82, 2.24) is 10.2 Å². The van der Waals surface area contributed by atoms with Crippen molar-refractivity contribution >= 4 is 41.7 Å². The van der Waals surface area contributed by atoms with Crippen LogP contribution in [0.3, 0.4) is 0 Å². The number of halogens is 2. The van der Waals surface area contributed by atoms with Crippen LogP contribution < -0.4 is 10.6 Å². The van der Waals surface area contributed by atoms with Gasteiger partial charge >= 0.3 is 0 Å². The summed E-state index contributed by atoms with van der Waals surface area (Å²) in [5.74, 6) is -0.399. The number of hydrogen-bond acceptors (Lipinski definition) is 4. The molecule has 0 aliphatic carbocycles. The first kappa shape index (κ1) is 21.7. The number of carbonyl (C=O) groups is 2. The molecule has 0 fully saturated rings. The highest BCUT2D eigenvalue weighted by Crippen LogP contribution is 2.14. The van der Waals surface area contributed by atoms with Crippen LogP contribution in [0, 0.1) is 5.82 Å². The number of hydrogen-bond donors (Lipinski definition) is 2. The average molecular weight is 364 g/mol. The van der Waals surface area contributed by atoms with Crippen LogP contribution in [0.4, 0.5) is 10.1 Å². The molecule has 0 saturated carbocycles. The molecule has 2 amide bonds. The number of nitrogens with zero attached hydrogens (tertiary/aromatic N) is 1. The zero-order valence-electron chi connectivity index (χ0n) is 13.5. The molecule has 0 radical (unpaired) electrons. The Labute approximate surface area is 146 Å². The summed E-state index contributed by atoms with van der Waals surface area (Å²) in [4.78, 5) is 25.5. The van der Waals surface area contributed by atoms with E-state index in [0.717, 1.165) is 6.54 Å². The fourth-order valence-electron chi connectivity index (χ4n) is 1.70. The molecule has 5 nitrogen and oxygen atoms in total. The highest BCUT2D eigenvalue weighted by atomic mass is 35.5. The van der Waals surface area contributed by atoms with Crippen LogP contribution in [0.15, 0.2) is 24.3 Å². The Morgan fingerprint density at radius 1 is 1.30 bits per heavy atom. The molecule has 1 unspecified atom stereocenters. The van der Waals surface area contributed by atoms with Crippen molar-refractivity contribution in [3.05, 3.63) is 30.1 Å². The fraction of sp³-hybridized carbons (Fsp3) is 0.467. The van der Waals surface area contributed by atoms with Crippen LogP contribution >= 0.6 is 24.2 Å². The summed E-state index contributed by atoms with van der Waals surface area (Å²) in [5, 5.41) is 5.36. The highest BCUT2D eigenvalue weighted by molar-refractivity contribution is 8.01. The van der Waals surface area contributed by atoms with Gasteiger partial charge in [0.05, 0.1) is 11.0 Å². The lowest BCUT2D eigenvalue weighted by Crippen LogP contribution is -2.37. The Morgan fingerprint density at radius 2 is 1.91 bits per heavy atom. The zero-order valence-corrected chi connectivity index (χ0v) is 15.1. The van der Waals surface area contributed by atoms with Crippen LogP contribution in [0.2, 0.25) is 0 Å². The predicted octanol–water partition coefficient (Wildman–Crippen LogP) is 1.99. The maximum Gasteiger partial charge on any atom is 0.235 e. The van der Waals surface area contributed by atoms with E-state index in [4.69, 9.17) is 0 Å². The summed E-state index contributed by atoms with van der Waals surface area (Å²) in [6.45, 7) is 3.14. The first-order valence-corrected chi connectivity index (χ1v) is 8.05. The number of carbonyl (C=O) groups excluding carboxylic acids is 2. The van der Waals surface area contributed by atoms with E-state index in [2.05, 4.69) is 10.6 Å². The number of amides is 2. The maximum absolute atomic E-state index is 12.8. The first-order valence-electron chi connectivity index (χ1n) is 7.00. The summed E-state index contributed by atoms with van der Waals surface area (Å²) in [7, 11) is 3.58. The number of thioether (sulfide) groups is 1. The average Bonchev–Trinajstić information content (AvgIpc) is 2.51. The Bertz CT molecular complexity index is 502. The number of rotatable bonds is 8. The zero-order chi connectivity index (χ0) is 16.5. The Morgan fingerprint density at radius 3 is 2.48 bits per heavy atom. The van der Waals surface area contributed by atoms with Gasteiger partial charge in [-0.2, -0.15) is 0 Å². The van der Waals surface area contributed by atoms with Crippen LogP contribution in [-0.4, -0.2) is 54.9 Å². The molecule has 1 rings (SSSR count). The van der Waals surface area contributed by atoms with Gasteiger partial charge in [0.1, 0.15) is 5.82 Å². The van der Waals surface area contributed by atoms with E-state index < -0.39 is 0 Å². The van der Waals surface area contributed by atoms with Crippen molar-refractivity contribution in [3.63, 3.8) is 0 Å². The molecule has 130 valence electrons. The van der Waals surface area contributed by atoms with Gasteiger partial charge in [0.2, 0.25) is 11.8 Å². The van der Waals surface area contributed by atoms with Crippen LogP contribution in [0.5, 0.6) is 0 Å². The maximum atomic E-state index is 12.8. The molecule has 0 saturated heterocycles. The topological polar surface area (TPSA) is 61.4 Å². The summed E-state index contributed by atoms with van der Waals surface area (Å²) in [6.07, 6.45) is 0. The van der Waals surface area contributed by atoms with Gasteiger partial charge in [-0.1, -0.05) is 0 Å². The molecule has 0 heterocycles. The van der Waals surface area contributed by atoms with E-state index in [-0.39, 0.29) is 41.0 Å². The highest BCUT2D eigenvalue weighted by Gasteiger charge is 2.18. The van der Waals surface area contributed by atoms with E-state index in [1.54, 1.807) is 18.9 Å². The third kappa shape index (κ3) is 8.20. The van der Waals surface area contributed by atoms with Gasteiger partial charge < -0.3 is 15.5 Å². The first-order chi connectivity index (χ1) is 10.4. The number of benzene rings is 1. The van der Waals surface area contributed by atoms with Crippen LogP contribution in [-0.2, 0) is 9.59 Å². The Kier molecular flexibility index (Phi) is 10.6. The van der Waals surface area contributed by atoms with Gasteiger partial charge in [0.25, 0.3) is 0 Å². The SMILES string of the molecule is CNCCN(C)C(=O)C(C)SCC(=O)Nc1ccc(F)cc1.Cl. The summed E-state index contributed by atoms with van der Waals surface area (Å²) >= 11 is 1.28. The van der Waals surface area contributed by atoms with Crippen LogP contribution in [0.1, 0.15) is 6.92 Å². The van der Waals surface area contributed by atoms with Crippen LogP contribution in [0.25, 0.3) is 0 Å². The number of likely N-dealkylation sites (N-methyl/N-ethyl adjacent to an activating group) is 2. The fourth-order valence-corrected chi connectivity index (χ4v) is 2.50. The quantitative estimate of drug-likeness (QED) is 0.741. The molecule has 2 N–H and O–H groups in total. The lowest BCUT2D eigenvalue weighted by Gasteiger charge is -2.20. The van der Waals surface area contributed by atoms with Gasteiger partial charge in [-0.15, -0.1) is 24.2 Å². The minimum Gasteiger partial charge on any atom is -0.344 e. The molecule has 23 heavy (non-hydrogen) atoms. The second-order valence-electron chi connectivity index (χ2n) is 4.87. The number of anilines is 1. The molecule has 0 aliphatic rings. The molecule has 1 aromatic rings. The van der Waals surface area contributed by atoms with Crippen molar-refractivity contribution in [2.24, 2.45) is 0 Å². The van der Waals surface area contributed by atoms with E-state index in [1.807, 2.05) is 7.05 Å². The van der Waals surface area contributed by atoms with E-state index >= 15 is 0 Å². The largest absolute Gasteiger partial charge is 0.344 e. The van der Waals surface area contributed by atoms with Crippen molar-refractivity contribution in [2.45, 2.75) is 12.2 Å². The van der Waals surface area contributed by atoms with Crippen molar-refractivity contribution in [3.8, 4) is 0 Å². The smallest absolute Gasteiger partial charge is 0.235 e. The minimum absolute atomic E-state index is 0. The third-order valence-electron chi connectivity index (χ3n) is 3.01. The molecule has 0 bridgehead atoms. The summed E-state index contributed by atoms with van der Waals surface area (Å²) < 4.78 is 12.8. The molecule has 8 heteroatoms. The monoisotopic (exact) mass is 363 g/mol. The molecule has 0 spiro atoms. The lowest BCUT2D eigenvalue weighted by atomic mass is 10.3. The lowest BCUT2D eigenvalue weighted by molar-refractivity contribution is -0.128.